The number of anilines is 1. The lowest BCUT2D eigenvalue weighted by molar-refractivity contribution is -0.116. The van der Waals surface area contributed by atoms with Crippen molar-refractivity contribution >= 4 is 28.5 Å². The molecule has 6 nitrogen and oxygen atoms in total. The molecular formula is C24H25FN4O2. The van der Waals surface area contributed by atoms with Crippen LogP contribution in [-0.4, -0.2) is 39.8 Å². The van der Waals surface area contributed by atoms with E-state index in [4.69, 9.17) is 0 Å². The van der Waals surface area contributed by atoms with Gasteiger partial charge in [0.2, 0.25) is 5.91 Å². The van der Waals surface area contributed by atoms with Crippen molar-refractivity contribution in [3.63, 3.8) is 0 Å². The highest BCUT2D eigenvalue weighted by atomic mass is 19.1. The number of piperidine rings is 1. The molecule has 1 saturated carbocycles. The van der Waals surface area contributed by atoms with Gasteiger partial charge in [-0.05, 0) is 67.9 Å². The molecule has 0 atom stereocenters. The van der Waals surface area contributed by atoms with Gasteiger partial charge in [0, 0.05) is 47.9 Å². The number of hydrogen-bond acceptors (Lipinski definition) is 3. The van der Waals surface area contributed by atoms with Gasteiger partial charge in [0.25, 0.3) is 5.91 Å². The molecule has 0 bridgehead atoms. The third-order valence-corrected chi connectivity index (χ3v) is 6.36. The minimum atomic E-state index is -0.281. The first-order chi connectivity index (χ1) is 15.1. The fourth-order valence-corrected chi connectivity index (χ4v) is 4.47. The van der Waals surface area contributed by atoms with Crippen molar-refractivity contribution in [2.75, 3.05) is 18.4 Å². The monoisotopic (exact) mass is 420 g/mol. The smallest absolute Gasteiger partial charge is 0.253 e. The number of aromatic amines is 1. The van der Waals surface area contributed by atoms with Gasteiger partial charge in [0.15, 0.2) is 0 Å². The summed E-state index contributed by atoms with van der Waals surface area (Å²) in [4.78, 5) is 33.8. The first-order valence-corrected chi connectivity index (χ1v) is 10.9. The summed E-state index contributed by atoms with van der Waals surface area (Å²) < 4.78 is 14.5. The van der Waals surface area contributed by atoms with E-state index in [1.807, 2.05) is 11.0 Å². The van der Waals surface area contributed by atoms with E-state index in [2.05, 4.69) is 15.3 Å². The highest BCUT2D eigenvalue weighted by molar-refractivity contribution is 5.96. The number of H-pyrrole nitrogens is 1. The van der Waals surface area contributed by atoms with E-state index in [1.165, 1.54) is 6.20 Å². The minimum absolute atomic E-state index is 0.0310. The fourth-order valence-electron chi connectivity index (χ4n) is 4.47. The number of rotatable bonds is 5. The maximum absolute atomic E-state index is 14.5. The Morgan fingerprint density at radius 1 is 1.10 bits per heavy atom. The fraction of sp³-hybridized carbons (Fsp3) is 0.375. The quantitative estimate of drug-likeness (QED) is 0.640. The van der Waals surface area contributed by atoms with Crippen LogP contribution in [0, 0.1) is 11.7 Å². The van der Waals surface area contributed by atoms with Crippen LogP contribution in [0.5, 0.6) is 0 Å². The molecule has 2 N–H and O–H groups in total. The van der Waals surface area contributed by atoms with Gasteiger partial charge in [-0.3, -0.25) is 9.59 Å². The average Bonchev–Trinajstić information content (AvgIpc) is 3.46. The van der Waals surface area contributed by atoms with Gasteiger partial charge < -0.3 is 15.2 Å². The Hall–Kier alpha value is -3.22. The second kappa shape index (κ2) is 8.13. The molecule has 31 heavy (non-hydrogen) atoms. The summed E-state index contributed by atoms with van der Waals surface area (Å²) in [5.41, 5.74) is 2.70. The Bertz CT molecular complexity index is 1110. The molecule has 3 aromatic rings. The number of hydrogen-bond donors (Lipinski definition) is 2. The largest absolute Gasteiger partial charge is 0.346 e. The van der Waals surface area contributed by atoms with Gasteiger partial charge in [0.1, 0.15) is 11.5 Å². The van der Waals surface area contributed by atoms with Gasteiger partial charge in [-0.1, -0.05) is 0 Å². The van der Waals surface area contributed by atoms with Gasteiger partial charge in [-0.25, -0.2) is 9.37 Å². The summed E-state index contributed by atoms with van der Waals surface area (Å²) in [7, 11) is 0. The SMILES string of the molecule is O=C(CC1CC1)Nc1ccc(C(=O)N2CCC(c3c(F)cnc4[nH]ccc34)CC2)cc1. The van der Waals surface area contributed by atoms with Crippen molar-refractivity contribution in [3.05, 3.63) is 59.7 Å². The molecule has 2 amide bonds. The van der Waals surface area contributed by atoms with Crippen molar-refractivity contribution in [3.8, 4) is 0 Å². The molecule has 2 aliphatic rings. The van der Waals surface area contributed by atoms with E-state index in [0.717, 1.165) is 18.2 Å². The predicted octanol–water partition coefficient (Wildman–Crippen LogP) is 4.46. The van der Waals surface area contributed by atoms with E-state index in [1.54, 1.807) is 30.5 Å². The first-order valence-electron chi connectivity index (χ1n) is 10.9. The predicted molar refractivity (Wildman–Crippen MR) is 116 cm³/mol. The van der Waals surface area contributed by atoms with Crippen molar-refractivity contribution < 1.29 is 14.0 Å². The number of carbonyl (C=O) groups is 2. The zero-order valence-electron chi connectivity index (χ0n) is 17.2. The van der Waals surface area contributed by atoms with Crippen LogP contribution >= 0.6 is 0 Å². The second-order valence-electron chi connectivity index (χ2n) is 8.60. The highest BCUT2D eigenvalue weighted by Crippen LogP contribution is 2.35. The molecule has 160 valence electrons. The van der Waals surface area contributed by atoms with E-state index in [-0.39, 0.29) is 23.5 Å². The van der Waals surface area contributed by atoms with Crippen molar-refractivity contribution in [1.29, 1.82) is 0 Å². The summed E-state index contributed by atoms with van der Waals surface area (Å²) in [6.07, 6.45) is 7.32. The summed E-state index contributed by atoms with van der Waals surface area (Å²) in [5, 5.41) is 3.72. The minimum Gasteiger partial charge on any atom is -0.346 e. The Labute approximate surface area is 179 Å². The summed E-state index contributed by atoms with van der Waals surface area (Å²) in [6.45, 7) is 1.16. The summed E-state index contributed by atoms with van der Waals surface area (Å²) >= 11 is 0. The molecule has 3 heterocycles. The summed E-state index contributed by atoms with van der Waals surface area (Å²) in [6, 6.07) is 8.93. The van der Waals surface area contributed by atoms with Crippen LogP contribution in [0.4, 0.5) is 10.1 Å². The number of amides is 2. The first kappa shape index (κ1) is 19.7. The zero-order valence-corrected chi connectivity index (χ0v) is 17.2. The van der Waals surface area contributed by atoms with Crippen LogP contribution in [0.1, 0.15) is 53.9 Å². The third kappa shape index (κ3) is 4.17. The van der Waals surface area contributed by atoms with Crippen LogP contribution in [0.15, 0.2) is 42.7 Å². The molecule has 5 rings (SSSR count). The van der Waals surface area contributed by atoms with Crippen LogP contribution in [0.2, 0.25) is 0 Å². The van der Waals surface area contributed by atoms with Crippen molar-refractivity contribution in [2.24, 2.45) is 5.92 Å². The van der Waals surface area contributed by atoms with E-state index in [0.29, 0.717) is 60.7 Å². The Morgan fingerprint density at radius 2 is 1.84 bits per heavy atom. The zero-order chi connectivity index (χ0) is 21.4. The normalized spacial score (nSPS) is 17.1. The van der Waals surface area contributed by atoms with Crippen LogP contribution in [-0.2, 0) is 4.79 Å². The maximum atomic E-state index is 14.5. The number of aromatic nitrogens is 2. The van der Waals surface area contributed by atoms with Gasteiger partial charge in [-0.2, -0.15) is 0 Å². The number of pyridine rings is 1. The maximum Gasteiger partial charge on any atom is 0.253 e. The molecule has 7 heteroatoms. The van der Waals surface area contributed by atoms with Crippen molar-refractivity contribution in [1.82, 2.24) is 14.9 Å². The molecule has 2 aromatic heterocycles. The third-order valence-electron chi connectivity index (χ3n) is 6.36. The number of benzene rings is 1. The van der Waals surface area contributed by atoms with Gasteiger partial charge >= 0.3 is 0 Å². The number of halogens is 1. The number of likely N-dealkylation sites (tertiary alicyclic amines) is 1. The average molecular weight is 420 g/mol. The molecular weight excluding hydrogens is 395 g/mol. The Morgan fingerprint density at radius 3 is 2.55 bits per heavy atom. The topological polar surface area (TPSA) is 78.1 Å². The molecule has 0 radical (unpaired) electrons. The molecule has 0 unspecified atom stereocenters. The van der Waals surface area contributed by atoms with Gasteiger partial charge in [0.05, 0.1) is 6.20 Å². The standard InChI is InChI=1S/C24H25FN4O2/c25-20-14-27-23-19(7-10-26-23)22(20)16-8-11-29(12-9-16)24(31)17-3-5-18(6-4-17)28-21(30)13-15-1-2-15/h3-7,10,14-16H,1-2,8-9,11-13H2,(H,26,27)(H,28,30). The second-order valence-corrected chi connectivity index (χ2v) is 8.60. The number of nitrogens with one attached hydrogen (secondary N) is 2. The molecule has 0 spiro atoms. The van der Waals surface area contributed by atoms with Crippen molar-refractivity contribution in [2.45, 2.75) is 38.0 Å². The molecule has 1 aromatic carbocycles. The molecule has 1 saturated heterocycles. The lowest BCUT2D eigenvalue weighted by Gasteiger charge is -2.32. The molecule has 1 aliphatic carbocycles. The summed E-state index contributed by atoms with van der Waals surface area (Å²) in [5.74, 6) is 0.322. The molecule has 2 fully saturated rings. The van der Waals surface area contributed by atoms with E-state index < -0.39 is 0 Å². The lowest BCUT2D eigenvalue weighted by Crippen LogP contribution is -2.38. The highest BCUT2D eigenvalue weighted by Gasteiger charge is 2.28. The lowest BCUT2D eigenvalue weighted by atomic mass is 9.87. The number of nitrogens with zero attached hydrogens (tertiary/aromatic N) is 2. The van der Waals surface area contributed by atoms with Gasteiger partial charge in [-0.15, -0.1) is 0 Å². The number of fused-ring (bicyclic) bond motifs is 1. The van der Waals surface area contributed by atoms with E-state index in [9.17, 15) is 14.0 Å². The van der Waals surface area contributed by atoms with Crippen LogP contribution in [0.3, 0.4) is 0 Å². The number of carbonyl (C=O) groups excluding carboxylic acids is 2. The Balaban J connectivity index is 1.21. The Kier molecular flexibility index (Phi) is 5.18. The van der Waals surface area contributed by atoms with Crippen LogP contribution < -0.4 is 5.32 Å². The molecule has 1 aliphatic heterocycles. The van der Waals surface area contributed by atoms with Crippen LogP contribution in [0.25, 0.3) is 11.0 Å². The van der Waals surface area contributed by atoms with E-state index >= 15 is 0 Å².